The first-order valence-electron chi connectivity index (χ1n) is 14.8. The number of carbonyl (C=O) groups is 2. The Balaban J connectivity index is 1.47. The van der Waals surface area contributed by atoms with E-state index in [2.05, 4.69) is 10.6 Å². The molecule has 2 heterocycles. The van der Waals surface area contributed by atoms with E-state index >= 15 is 4.39 Å². The summed E-state index contributed by atoms with van der Waals surface area (Å²) in [4.78, 5) is 26.9. The molecule has 2 amide bonds. The highest BCUT2D eigenvalue weighted by Crippen LogP contribution is 2.34. The third kappa shape index (κ3) is 7.34. The molecule has 0 radical (unpaired) electrons. The Kier molecular flexibility index (Phi) is 9.99. The molecule has 3 aromatic carbocycles. The molecular weight excluding hydrogens is 628 g/mol. The summed E-state index contributed by atoms with van der Waals surface area (Å²) < 4.78 is 85.3. The number of nitrogens with one attached hydrogen (secondary N) is 2. The van der Waals surface area contributed by atoms with Crippen LogP contribution in [0.15, 0.2) is 60.7 Å². The number of halogens is 4. The van der Waals surface area contributed by atoms with Crippen LogP contribution in [0.4, 0.5) is 28.0 Å². The van der Waals surface area contributed by atoms with Gasteiger partial charge in [0.25, 0.3) is 0 Å². The van der Waals surface area contributed by atoms with Crippen molar-refractivity contribution in [2.45, 2.75) is 49.7 Å². The highest BCUT2D eigenvalue weighted by Gasteiger charge is 2.39. The molecule has 3 aromatic rings. The van der Waals surface area contributed by atoms with Crippen molar-refractivity contribution in [1.29, 1.82) is 0 Å². The Morgan fingerprint density at radius 2 is 1.72 bits per heavy atom. The smallest absolute Gasteiger partial charge is 0.407 e. The number of amides is 2. The zero-order chi connectivity index (χ0) is 33.2. The summed E-state index contributed by atoms with van der Waals surface area (Å²) in [5.74, 6) is -5.44. The third-order valence-corrected chi connectivity index (χ3v) is 10.6. The van der Waals surface area contributed by atoms with Gasteiger partial charge in [-0.3, -0.25) is 9.69 Å². The van der Waals surface area contributed by atoms with E-state index in [0.717, 1.165) is 37.7 Å². The summed E-state index contributed by atoms with van der Waals surface area (Å²) in [6.07, 6.45) is 0.0210. The van der Waals surface area contributed by atoms with Crippen molar-refractivity contribution in [2.24, 2.45) is 0 Å². The van der Waals surface area contributed by atoms with Crippen molar-refractivity contribution in [1.82, 2.24) is 14.5 Å². The zero-order valence-electron chi connectivity index (χ0n) is 24.9. The molecule has 246 valence electrons. The van der Waals surface area contributed by atoms with E-state index in [1.807, 2.05) is 0 Å². The number of fused-ring (bicyclic) bond motifs is 2. The summed E-state index contributed by atoms with van der Waals surface area (Å²) in [6, 6.07) is 9.19. The normalized spacial score (nSPS) is 21.9. The van der Waals surface area contributed by atoms with Crippen LogP contribution in [0.2, 0.25) is 0 Å². The quantitative estimate of drug-likeness (QED) is 0.286. The van der Waals surface area contributed by atoms with Gasteiger partial charge in [-0.1, -0.05) is 18.2 Å². The molecular formula is C32H34F4N4O5S. The molecule has 2 bridgehead atoms. The number of sulfonamides is 1. The highest BCUT2D eigenvalue weighted by atomic mass is 32.2. The minimum absolute atomic E-state index is 0.0254. The average Bonchev–Trinajstić information content (AvgIpc) is 3.11. The number of rotatable bonds is 9. The van der Waals surface area contributed by atoms with Gasteiger partial charge in [-0.05, 0) is 73.2 Å². The maximum atomic E-state index is 15.3. The number of nitrogens with zero attached hydrogens (tertiary/aromatic N) is 2. The number of carbonyl (C=O) groups excluding carboxylic acids is 1. The topological polar surface area (TPSA) is 119 Å². The number of anilines is 1. The van der Waals surface area contributed by atoms with E-state index in [1.165, 1.54) is 34.6 Å². The van der Waals surface area contributed by atoms with Gasteiger partial charge < -0.3 is 15.7 Å². The van der Waals surface area contributed by atoms with Gasteiger partial charge in [-0.2, -0.15) is 4.31 Å². The highest BCUT2D eigenvalue weighted by molar-refractivity contribution is 7.89. The standard InChI is InChI=1S/C32H34F4N4O5S/c1-39(32(42)43)30(29(19-7-9-21(33)10-8-19)20-14-22(34)16-23(35)15-20)31(41)38-28-6-2-5-27(36)26(28)12-11-25-17-37-24-4-3-13-46(44,45)40(25)18-24/h2,5-10,14-16,24-25,29-30,37H,3-4,11-13,17-18H2,1H3,(H,38,41)(H,42,43)/t24?,25?,29-,30-/m0/s1. The maximum absolute atomic E-state index is 15.3. The Hall–Kier alpha value is -4.01. The van der Waals surface area contributed by atoms with Crippen LogP contribution in [0, 0.1) is 23.3 Å². The molecule has 5 atom stereocenters. The SMILES string of the molecule is CN(C(=O)O)[C@H](C(=O)Nc1cccc(F)c1CCC1CNC2CCCS(=O)(=O)N1C2)[C@@H](c1ccc(F)cc1)c1cc(F)cc(F)c1. The van der Waals surface area contributed by atoms with Gasteiger partial charge in [-0.15, -0.1) is 0 Å². The molecule has 0 aliphatic carbocycles. The minimum atomic E-state index is -3.49. The zero-order valence-corrected chi connectivity index (χ0v) is 25.7. The van der Waals surface area contributed by atoms with Gasteiger partial charge in [0, 0.05) is 55.5 Å². The minimum Gasteiger partial charge on any atom is -0.465 e. The molecule has 5 rings (SSSR count). The first-order chi connectivity index (χ1) is 21.8. The molecule has 0 spiro atoms. The van der Waals surface area contributed by atoms with E-state index in [-0.39, 0.29) is 47.0 Å². The summed E-state index contributed by atoms with van der Waals surface area (Å²) >= 11 is 0. The second-order valence-electron chi connectivity index (χ2n) is 11.7. The third-order valence-electron chi connectivity index (χ3n) is 8.64. The molecule has 0 aromatic heterocycles. The second-order valence-corrected chi connectivity index (χ2v) is 13.7. The predicted molar refractivity (Wildman–Crippen MR) is 163 cm³/mol. The number of benzene rings is 3. The van der Waals surface area contributed by atoms with Crippen LogP contribution in [0.5, 0.6) is 0 Å². The number of hydrogen-bond donors (Lipinski definition) is 3. The lowest BCUT2D eigenvalue weighted by atomic mass is 9.83. The van der Waals surface area contributed by atoms with E-state index < -0.39 is 63.3 Å². The van der Waals surface area contributed by atoms with Crippen LogP contribution in [0.1, 0.15) is 41.9 Å². The average molecular weight is 663 g/mol. The van der Waals surface area contributed by atoms with E-state index in [1.54, 1.807) is 0 Å². The molecule has 2 aliphatic heterocycles. The van der Waals surface area contributed by atoms with Crippen molar-refractivity contribution < 1.29 is 40.7 Å². The van der Waals surface area contributed by atoms with E-state index in [9.17, 15) is 36.3 Å². The van der Waals surface area contributed by atoms with Crippen LogP contribution < -0.4 is 10.6 Å². The maximum Gasteiger partial charge on any atom is 0.407 e. The summed E-state index contributed by atoms with van der Waals surface area (Å²) in [5.41, 5.74) is 0.217. The summed E-state index contributed by atoms with van der Waals surface area (Å²) in [6.45, 7) is 0.706. The van der Waals surface area contributed by atoms with E-state index in [4.69, 9.17) is 0 Å². The lowest BCUT2D eigenvalue weighted by Gasteiger charge is -2.37. The van der Waals surface area contributed by atoms with Crippen LogP contribution in [-0.4, -0.2) is 78.7 Å². The van der Waals surface area contributed by atoms with Crippen LogP contribution in [0.3, 0.4) is 0 Å². The molecule has 3 unspecified atom stereocenters. The van der Waals surface area contributed by atoms with Gasteiger partial charge in [0.2, 0.25) is 15.9 Å². The van der Waals surface area contributed by atoms with Crippen molar-refractivity contribution in [3.05, 3.63) is 101 Å². The second kappa shape index (κ2) is 13.8. The van der Waals surface area contributed by atoms with Gasteiger partial charge in [-0.25, -0.2) is 30.8 Å². The number of carboxylic acid groups (broad SMARTS) is 1. The lowest BCUT2D eigenvalue weighted by Crippen LogP contribution is -2.57. The molecule has 46 heavy (non-hydrogen) atoms. The molecule has 2 saturated heterocycles. The van der Waals surface area contributed by atoms with Crippen molar-refractivity contribution >= 4 is 27.7 Å². The van der Waals surface area contributed by atoms with Gasteiger partial charge in [0.05, 0.1) is 5.75 Å². The number of likely N-dealkylation sites (N-methyl/N-ethyl adjacent to an activating group) is 1. The predicted octanol–water partition coefficient (Wildman–Crippen LogP) is 4.69. The first-order valence-corrected chi connectivity index (χ1v) is 16.4. The Morgan fingerprint density at radius 1 is 1.02 bits per heavy atom. The lowest BCUT2D eigenvalue weighted by molar-refractivity contribution is -0.120. The fourth-order valence-corrected chi connectivity index (χ4v) is 8.15. The first kappa shape index (κ1) is 33.4. The Bertz CT molecular complexity index is 1690. The number of piperazine rings is 1. The Morgan fingerprint density at radius 3 is 2.39 bits per heavy atom. The largest absolute Gasteiger partial charge is 0.465 e. The van der Waals surface area contributed by atoms with Crippen molar-refractivity contribution in [3.8, 4) is 0 Å². The molecule has 0 saturated carbocycles. The van der Waals surface area contributed by atoms with Gasteiger partial charge in [0.15, 0.2) is 0 Å². The summed E-state index contributed by atoms with van der Waals surface area (Å²) in [7, 11) is -2.39. The molecule has 9 nitrogen and oxygen atoms in total. The Labute approximate surface area is 264 Å². The fraction of sp³-hybridized carbons (Fsp3) is 0.375. The monoisotopic (exact) mass is 662 g/mol. The van der Waals surface area contributed by atoms with Crippen molar-refractivity contribution in [2.75, 3.05) is 31.2 Å². The summed E-state index contributed by atoms with van der Waals surface area (Å²) in [5, 5.41) is 15.9. The van der Waals surface area contributed by atoms with Crippen LogP contribution >= 0.6 is 0 Å². The van der Waals surface area contributed by atoms with Crippen LogP contribution in [-0.2, 0) is 21.2 Å². The molecule has 14 heteroatoms. The van der Waals surface area contributed by atoms with Crippen LogP contribution in [0.25, 0.3) is 0 Å². The fourth-order valence-electron chi connectivity index (χ4n) is 6.34. The number of hydrogen-bond acceptors (Lipinski definition) is 5. The molecule has 2 fully saturated rings. The molecule has 3 N–H and O–H groups in total. The van der Waals surface area contributed by atoms with Crippen molar-refractivity contribution in [3.63, 3.8) is 0 Å². The van der Waals surface area contributed by atoms with Gasteiger partial charge >= 0.3 is 6.09 Å². The van der Waals surface area contributed by atoms with E-state index in [0.29, 0.717) is 30.5 Å². The van der Waals surface area contributed by atoms with Gasteiger partial charge in [0.1, 0.15) is 29.3 Å². The molecule has 2 aliphatic rings.